The van der Waals surface area contributed by atoms with Crippen molar-refractivity contribution in [3.63, 3.8) is 0 Å². The van der Waals surface area contributed by atoms with E-state index in [0.29, 0.717) is 17.9 Å². The zero-order valence-electron chi connectivity index (χ0n) is 11.7. The predicted molar refractivity (Wildman–Crippen MR) is 80.5 cm³/mol. The van der Waals surface area contributed by atoms with E-state index in [9.17, 15) is 0 Å². The van der Waals surface area contributed by atoms with E-state index in [1.165, 1.54) is 42.5 Å². The molecule has 0 atom stereocenters. The van der Waals surface area contributed by atoms with E-state index in [0.717, 1.165) is 6.54 Å². The van der Waals surface area contributed by atoms with Gasteiger partial charge in [-0.1, -0.05) is 30.3 Å². The van der Waals surface area contributed by atoms with Crippen LogP contribution >= 0.6 is 0 Å². The van der Waals surface area contributed by atoms with Gasteiger partial charge in [0.1, 0.15) is 0 Å². The zero-order chi connectivity index (χ0) is 13.5. The second kappa shape index (κ2) is 4.74. The lowest BCUT2D eigenvalue weighted by Gasteiger charge is -2.34. The Morgan fingerprint density at radius 1 is 1.15 bits per heavy atom. The Hall–Kier alpha value is -1.61. The Morgan fingerprint density at radius 2 is 1.90 bits per heavy atom. The average molecular weight is 267 g/mol. The van der Waals surface area contributed by atoms with Gasteiger partial charge in [0, 0.05) is 17.7 Å². The van der Waals surface area contributed by atoms with Crippen molar-refractivity contribution in [1.82, 2.24) is 9.78 Å². The monoisotopic (exact) mass is 267 g/mol. The van der Waals surface area contributed by atoms with Crippen molar-refractivity contribution in [3.8, 4) is 11.1 Å². The van der Waals surface area contributed by atoms with Gasteiger partial charge in [-0.05, 0) is 43.7 Å². The molecule has 1 aromatic carbocycles. The molecule has 0 amide bonds. The number of hydrogen-bond acceptors (Lipinski definition) is 2. The zero-order valence-corrected chi connectivity index (χ0v) is 11.7. The van der Waals surface area contributed by atoms with Crippen molar-refractivity contribution in [2.75, 3.05) is 6.54 Å². The number of nitrogens with two attached hydrogens (primary N) is 1. The summed E-state index contributed by atoms with van der Waals surface area (Å²) in [5, 5.41) is 4.92. The van der Waals surface area contributed by atoms with Crippen LogP contribution in [-0.2, 0) is 0 Å². The van der Waals surface area contributed by atoms with Gasteiger partial charge in [-0.15, -0.1) is 0 Å². The van der Waals surface area contributed by atoms with E-state index in [-0.39, 0.29) is 0 Å². The molecule has 104 valence electrons. The highest BCUT2D eigenvalue weighted by molar-refractivity contribution is 5.66. The lowest BCUT2D eigenvalue weighted by Crippen LogP contribution is -2.32. The molecule has 20 heavy (non-hydrogen) atoms. The molecule has 0 saturated heterocycles. The van der Waals surface area contributed by atoms with Gasteiger partial charge in [0.2, 0.25) is 0 Å². The summed E-state index contributed by atoms with van der Waals surface area (Å²) in [6.07, 6.45) is 7.24. The van der Waals surface area contributed by atoms with Crippen molar-refractivity contribution in [2.24, 2.45) is 11.7 Å². The van der Waals surface area contributed by atoms with Crippen LogP contribution in [0.15, 0.2) is 36.5 Å². The standard InChI is InChI=1S/C17H21N3/c18-10-12-8-15(9-12)20-11-16(13-4-2-1-3-5-13)17(19-20)14-6-7-14/h1-5,11-12,14-15H,6-10,18H2. The predicted octanol–water partition coefficient (Wildman–Crippen LogP) is 3.34. The smallest absolute Gasteiger partial charge is 0.0733 e. The number of hydrogen-bond donors (Lipinski definition) is 1. The molecule has 0 spiro atoms. The second-order valence-corrected chi connectivity index (χ2v) is 6.28. The number of rotatable bonds is 4. The van der Waals surface area contributed by atoms with Gasteiger partial charge in [-0.2, -0.15) is 5.10 Å². The molecular formula is C17H21N3. The molecule has 3 heteroatoms. The molecule has 2 fully saturated rings. The summed E-state index contributed by atoms with van der Waals surface area (Å²) in [7, 11) is 0. The van der Waals surface area contributed by atoms with Crippen molar-refractivity contribution >= 4 is 0 Å². The van der Waals surface area contributed by atoms with Gasteiger partial charge >= 0.3 is 0 Å². The van der Waals surface area contributed by atoms with Crippen LogP contribution in [0.3, 0.4) is 0 Å². The molecule has 0 aliphatic heterocycles. The molecule has 2 aliphatic rings. The van der Waals surface area contributed by atoms with Gasteiger partial charge < -0.3 is 5.73 Å². The molecule has 1 heterocycles. The van der Waals surface area contributed by atoms with Gasteiger partial charge in [0.25, 0.3) is 0 Å². The van der Waals surface area contributed by atoms with Crippen LogP contribution in [0.5, 0.6) is 0 Å². The van der Waals surface area contributed by atoms with Gasteiger partial charge in [0.15, 0.2) is 0 Å². The summed E-state index contributed by atoms with van der Waals surface area (Å²) in [5.41, 5.74) is 9.68. The topological polar surface area (TPSA) is 43.8 Å². The Kier molecular flexibility index (Phi) is 2.88. The molecule has 0 bridgehead atoms. The van der Waals surface area contributed by atoms with Gasteiger partial charge in [0.05, 0.1) is 11.7 Å². The number of aromatic nitrogens is 2. The first-order chi connectivity index (χ1) is 9.85. The van der Waals surface area contributed by atoms with Crippen molar-refractivity contribution in [1.29, 1.82) is 0 Å². The summed E-state index contributed by atoms with van der Waals surface area (Å²) in [5.74, 6) is 1.39. The second-order valence-electron chi connectivity index (χ2n) is 6.28. The van der Waals surface area contributed by atoms with Gasteiger partial charge in [-0.3, -0.25) is 4.68 Å². The maximum absolute atomic E-state index is 5.73. The van der Waals surface area contributed by atoms with E-state index in [1.807, 2.05) is 0 Å². The third-order valence-electron chi connectivity index (χ3n) is 4.73. The van der Waals surface area contributed by atoms with E-state index in [1.54, 1.807) is 0 Å². The maximum atomic E-state index is 5.73. The molecule has 2 aliphatic carbocycles. The van der Waals surface area contributed by atoms with Crippen LogP contribution in [0.25, 0.3) is 11.1 Å². The lowest BCUT2D eigenvalue weighted by molar-refractivity contribution is 0.189. The van der Waals surface area contributed by atoms with Crippen LogP contribution in [0.1, 0.15) is 43.3 Å². The molecule has 0 radical (unpaired) electrons. The van der Waals surface area contributed by atoms with E-state index >= 15 is 0 Å². The van der Waals surface area contributed by atoms with E-state index in [2.05, 4.69) is 41.2 Å². The number of benzene rings is 1. The lowest BCUT2D eigenvalue weighted by atomic mass is 9.80. The van der Waals surface area contributed by atoms with Crippen molar-refractivity contribution in [3.05, 3.63) is 42.2 Å². The van der Waals surface area contributed by atoms with E-state index < -0.39 is 0 Å². The first-order valence-corrected chi connectivity index (χ1v) is 7.69. The molecule has 3 nitrogen and oxygen atoms in total. The number of nitrogens with zero attached hydrogens (tertiary/aromatic N) is 2. The molecule has 2 aromatic rings. The summed E-state index contributed by atoms with van der Waals surface area (Å²) in [6.45, 7) is 0.818. The maximum Gasteiger partial charge on any atom is 0.0733 e. The minimum absolute atomic E-state index is 0.568. The van der Waals surface area contributed by atoms with Gasteiger partial charge in [-0.25, -0.2) is 0 Å². The van der Waals surface area contributed by atoms with Crippen LogP contribution in [0.4, 0.5) is 0 Å². The molecular weight excluding hydrogens is 246 g/mol. The SMILES string of the molecule is NCC1CC(n2cc(-c3ccccc3)c(C3CC3)n2)C1. The molecule has 4 rings (SSSR count). The summed E-state index contributed by atoms with van der Waals surface area (Å²) in [6, 6.07) is 11.2. The Morgan fingerprint density at radius 3 is 2.55 bits per heavy atom. The minimum Gasteiger partial charge on any atom is -0.330 e. The fourth-order valence-corrected chi connectivity index (χ4v) is 3.20. The van der Waals surface area contributed by atoms with Crippen molar-refractivity contribution in [2.45, 2.75) is 37.6 Å². The Balaban J connectivity index is 1.66. The third-order valence-corrected chi connectivity index (χ3v) is 4.73. The largest absolute Gasteiger partial charge is 0.330 e. The normalized spacial score (nSPS) is 25.4. The highest BCUT2D eigenvalue weighted by Crippen LogP contribution is 2.45. The molecule has 2 N–H and O–H groups in total. The van der Waals surface area contributed by atoms with Crippen LogP contribution in [0.2, 0.25) is 0 Å². The summed E-state index contributed by atoms with van der Waals surface area (Å²) < 4.78 is 2.21. The highest BCUT2D eigenvalue weighted by atomic mass is 15.3. The van der Waals surface area contributed by atoms with Crippen LogP contribution in [0, 0.1) is 5.92 Å². The first kappa shape index (κ1) is 12.2. The average Bonchev–Trinajstić information content (AvgIpc) is 3.19. The Bertz CT molecular complexity index is 592. The minimum atomic E-state index is 0.568. The molecule has 0 unspecified atom stereocenters. The third kappa shape index (κ3) is 2.06. The molecule has 1 aromatic heterocycles. The summed E-state index contributed by atoms with van der Waals surface area (Å²) in [4.78, 5) is 0. The fraction of sp³-hybridized carbons (Fsp3) is 0.471. The van der Waals surface area contributed by atoms with E-state index in [4.69, 9.17) is 10.8 Å². The first-order valence-electron chi connectivity index (χ1n) is 7.69. The molecule has 2 saturated carbocycles. The summed E-state index contributed by atoms with van der Waals surface area (Å²) >= 11 is 0. The fourth-order valence-electron chi connectivity index (χ4n) is 3.20. The van der Waals surface area contributed by atoms with Crippen LogP contribution in [-0.4, -0.2) is 16.3 Å². The Labute approximate surface area is 119 Å². The van der Waals surface area contributed by atoms with Crippen molar-refractivity contribution < 1.29 is 0 Å². The highest BCUT2D eigenvalue weighted by Gasteiger charge is 2.34. The quantitative estimate of drug-likeness (QED) is 0.923. The van der Waals surface area contributed by atoms with Crippen LogP contribution < -0.4 is 5.73 Å².